The van der Waals surface area contributed by atoms with Gasteiger partial charge in [-0.3, -0.25) is 14.9 Å². The van der Waals surface area contributed by atoms with Crippen LogP contribution in [0.1, 0.15) is 25.8 Å². The van der Waals surface area contributed by atoms with Gasteiger partial charge in [0.1, 0.15) is 12.3 Å². The predicted molar refractivity (Wildman–Crippen MR) is 131 cm³/mol. The van der Waals surface area contributed by atoms with Gasteiger partial charge < -0.3 is 19.2 Å². The average Bonchev–Trinajstić information content (AvgIpc) is 3.05. The van der Waals surface area contributed by atoms with Crippen LogP contribution >= 0.6 is 11.8 Å². The number of non-ortho nitro benzene ring substituents is 1. The number of aliphatic hydroxyl groups is 1. The van der Waals surface area contributed by atoms with Crippen molar-refractivity contribution in [3.8, 4) is 0 Å². The summed E-state index contributed by atoms with van der Waals surface area (Å²) in [6.07, 6.45) is 1.90. The predicted octanol–water partition coefficient (Wildman–Crippen LogP) is 3.95. The van der Waals surface area contributed by atoms with E-state index >= 15 is 0 Å². The number of nitrogens with zero attached hydrogens (tertiary/aromatic N) is 2. The number of benzene rings is 1. The average molecular weight is 507 g/mol. The number of thioether (sulfide) groups is 1. The lowest BCUT2D eigenvalue weighted by Crippen LogP contribution is -2.63. The van der Waals surface area contributed by atoms with Crippen molar-refractivity contribution in [2.45, 2.75) is 58.7 Å². The summed E-state index contributed by atoms with van der Waals surface area (Å²) in [6.45, 7) is 9.76. The number of esters is 1. The molecule has 1 aromatic carbocycles. The molecule has 11 heteroatoms. The molecule has 0 bridgehead atoms. The first kappa shape index (κ1) is 26.1. The van der Waals surface area contributed by atoms with Crippen molar-refractivity contribution in [1.82, 2.24) is 4.90 Å². The minimum atomic E-state index is -1.85. The topological polar surface area (TPSA) is 119 Å². The Bertz CT molecular complexity index is 1030. The maximum Gasteiger partial charge on any atom is 0.356 e. The zero-order chi connectivity index (χ0) is 25.2. The fourth-order valence-electron chi connectivity index (χ4n) is 4.22. The summed E-state index contributed by atoms with van der Waals surface area (Å²) < 4.78 is 11.7. The number of carbonyl (C=O) groups is 2. The molecule has 1 N–H and O–H groups in total. The third kappa shape index (κ3) is 5.77. The molecule has 0 aromatic heterocycles. The van der Waals surface area contributed by atoms with Gasteiger partial charge in [0, 0.05) is 23.5 Å². The maximum atomic E-state index is 13.1. The summed E-state index contributed by atoms with van der Waals surface area (Å²) in [4.78, 5) is 39.6. The number of hydrogen-bond acceptors (Lipinski definition) is 8. The number of hydrogen-bond donors (Lipinski definition) is 1. The van der Waals surface area contributed by atoms with Crippen molar-refractivity contribution in [2.75, 3.05) is 6.61 Å². The maximum absolute atomic E-state index is 13.1. The van der Waals surface area contributed by atoms with E-state index in [0.717, 1.165) is 9.81 Å². The largest absolute Gasteiger partial charge is 0.456 e. The molecule has 3 atom stereocenters. The minimum Gasteiger partial charge on any atom is -0.456 e. The standard InChI is InChI=1S/C23H30N2O7SSi/c1-14(10-11-26)33-19-12-18-20(15(2)32-34(3,4)5)22(27)24(18)21(19)23(28)31-13-16-6-8-17(9-7-16)25(29)30/h6-10,15,18,20,26H,11-13H2,1-5H3/b14-10-/t15-,18+,20-/m0/s1. The van der Waals surface area contributed by atoms with Crippen LogP contribution in [0.25, 0.3) is 0 Å². The van der Waals surface area contributed by atoms with E-state index in [1.165, 1.54) is 40.9 Å². The summed E-state index contributed by atoms with van der Waals surface area (Å²) in [5, 5.41) is 20.0. The van der Waals surface area contributed by atoms with Crippen LogP contribution in [0, 0.1) is 16.0 Å². The number of nitro benzene ring substituents is 1. The molecule has 0 spiro atoms. The number of ether oxygens (including phenoxy) is 1. The summed E-state index contributed by atoms with van der Waals surface area (Å²) >= 11 is 1.35. The fraction of sp³-hybridized carbons (Fsp3) is 0.478. The first-order valence-electron chi connectivity index (χ1n) is 11.0. The van der Waals surface area contributed by atoms with Crippen molar-refractivity contribution < 1.29 is 28.8 Å². The van der Waals surface area contributed by atoms with E-state index in [4.69, 9.17) is 9.16 Å². The zero-order valence-corrected chi connectivity index (χ0v) is 21.8. The number of nitro groups is 1. The number of amides is 1. The van der Waals surface area contributed by atoms with Crippen molar-refractivity contribution in [2.24, 2.45) is 5.92 Å². The van der Waals surface area contributed by atoms with Gasteiger partial charge >= 0.3 is 5.97 Å². The molecule has 2 aliphatic heterocycles. The number of aliphatic hydroxyl groups excluding tert-OH is 1. The van der Waals surface area contributed by atoms with E-state index in [9.17, 15) is 24.8 Å². The molecule has 9 nitrogen and oxygen atoms in total. The quantitative estimate of drug-likeness (QED) is 0.167. The third-order valence-electron chi connectivity index (χ3n) is 5.59. The Hall–Kier alpha value is -2.47. The van der Waals surface area contributed by atoms with Gasteiger partial charge in [-0.1, -0.05) is 11.8 Å². The molecule has 34 heavy (non-hydrogen) atoms. The molecule has 0 aliphatic carbocycles. The van der Waals surface area contributed by atoms with Crippen LogP contribution in [0.2, 0.25) is 19.6 Å². The van der Waals surface area contributed by atoms with Crippen molar-refractivity contribution in [3.05, 3.63) is 61.5 Å². The lowest BCUT2D eigenvalue weighted by atomic mass is 9.83. The molecule has 0 radical (unpaired) electrons. The highest BCUT2D eigenvalue weighted by atomic mass is 32.2. The SMILES string of the molecule is C/C(=C/CO)SC1=C(C(=O)OCc2ccc([N+](=O)[O-])cc2)N2C(=O)[C@@H]([C@H](C)O[Si](C)(C)C)[C@H]2C1. The normalized spacial score (nSPS) is 21.3. The van der Waals surface area contributed by atoms with Crippen LogP contribution in [-0.2, 0) is 25.4 Å². The zero-order valence-electron chi connectivity index (χ0n) is 19.9. The first-order chi connectivity index (χ1) is 15.9. The molecule has 2 heterocycles. The van der Waals surface area contributed by atoms with Crippen molar-refractivity contribution in [1.29, 1.82) is 0 Å². The van der Waals surface area contributed by atoms with Gasteiger partial charge in [0.05, 0.1) is 29.6 Å². The fourth-order valence-corrected chi connectivity index (χ4v) is 6.57. The summed E-state index contributed by atoms with van der Waals surface area (Å²) in [7, 11) is -1.85. The highest BCUT2D eigenvalue weighted by molar-refractivity contribution is 8.06. The molecule has 1 amide bonds. The Kier molecular flexibility index (Phi) is 8.01. The van der Waals surface area contributed by atoms with E-state index in [2.05, 4.69) is 19.6 Å². The molecule has 0 unspecified atom stereocenters. The summed E-state index contributed by atoms with van der Waals surface area (Å²) in [6, 6.07) is 5.58. The lowest BCUT2D eigenvalue weighted by molar-refractivity contribution is -0.384. The van der Waals surface area contributed by atoms with Crippen LogP contribution in [0.15, 0.2) is 45.8 Å². The van der Waals surface area contributed by atoms with Gasteiger partial charge in [-0.2, -0.15) is 0 Å². The monoisotopic (exact) mass is 506 g/mol. The van der Waals surface area contributed by atoms with Crippen LogP contribution in [0.3, 0.4) is 0 Å². The Morgan fingerprint density at radius 1 is 1.35 bits per heavy atom. The molecule has 184 valence electrons. The van der Waals surface area contributed by atoms with E-state index in [1.807, 2.05) is 13.8 Å². The minimum absolute atomic E-state index is 0.0480. The van der Waals surface area contributed by atoms with E-state index in [1.54, 1.807) is 6.08 Å². The van der Waals surface area contributed by atoms with Gasteiger partial charge in [-0.05, 0) is 62.2 Å². The second-order valence-corrected chi connectivity index (χ2v) is 15.1. The van der Waals surface area contributed by atoms with Gasteiger partial charge in [-0.25, -0.2) is 4.79 Å². The molecule has 2 aliphatic rings. The van der Waals surface area contributed by atoms with Gasteiger partial charge in [0.25, 0.3) is 5.69 Å². The van der Waals surface area contributed by atoms with Crippen LogP contribution in [0.5, 0.6) is 0 Å². The summed E-state index contributed by atoms with van der Waals surface area (Å²) in [5.41, 5.74) is 0.779. The van der Waals surface area contributed by atoms with Gasteiger partial charge in [0.2, 0.25) is 5.91 Å². The lowest BCUT2D eigenvalue weighted by Gasteiger charge is -2.47. The van der Waals surface area contributed by atoms with Crippen molar-refractivity contribution in [3.63, 3.8) is 0 Å². The van der Waals surface area contributed by atoms with E-state index in [-0.39, 0.29) is 48.6 Å². The Morgan fingerprint density at radius 3 is 2.56 bits per heavy atom. The number of allylic oxidation sites excluding steroid dienone is 1. The molecule has 3 rings (SSSR count). The first-order valence-corrected chi connectivity index (χ1v) is 15.3. The highest BCUT2D eigenvalue weighted by Crippen LogP contribution is 2.49. The van der Waals surface area contributed by atoms with Gasteiger partial charge in [-0.15, -0.1) is 0 Å². The number of fused-ring (bicyclic) bond motifs is 1. The molecule has 1 fully saturated rings. The molecule has 1 aromatic rings. The number of β-lactam (4-membered cyclic amide) rings is 1. The Morgan fingerprint density at radius 2 is 2.00 bits per heavy atom. The Balaban J connectivity index is 1.78. The third-order valence-corrected chi connectivity index (χ3v) is 7.76. The molecular formula is C23H30N2O7SSi. The smallest absolute Gasteiger partial charge is 0.356 e. The molecule has 0 saturated carbocycles. The number of carbonyl (C=O) groups excluding carboxylic acids is 2. The van der Waals surface area contributed by atoms with Crippen LogP contribution in [0.4, 0.5) is 5.69 Å². The second-order valence-electron chi connectivity index (χ2n) is 9.31. The van der Waals surface area contributed by atoms with Gasteiger partial charge in [0.15, 0.2) is 8.32 Å². The molecular weight excluding hydrogens is 476 g/mol. The summed E-state index contributed by atoms with van der Waals surface area (Å²) in [5.74, 6) is -1.10. The van der Waals surface area contributed by atoms with E-state index in [0.29, 0.717) is 12.0 Å². The Labute approximate surface area is 204 Å². The highest BCUT2D eigenvalue weighted by Gasteiger charge is 2.57. The van der Waals surface area contributed by atoms with Crippen LogP contribution in [-0.4, -0.2) is 53.9 Å². The number of rotatable bonds is 10. The van der Waals surface area contributed by atoms with Crippen LogP contribution < -0.4 is 0 Å². The molecule has 1 saturated heterocycles. The van der Waals surface area contributed by atoms with Crippen molar-refractivity contribution >= 4 is 37.6 Å². The second kappa shape index (κ2) is 10.4. The van der Waals surface area contributed by atoms with E-state index < -0.39 is 19.2 Å².